The van der Waals surface area contributed by atoms with Gasteiger partial charge in [-0.3, -0.25) is 0 Å². The average molecular weight is 252 g/mol. The monoisotopic (exact) mass is 252 g/mol. The molecule has 0 saturated heterocycles. The average Bonchev–Trinajstić information content (AvgIpc) is 2.18. The smallest absolute Gasteiger partial charge is 0.317 e. The molecule has 0 bridgehead atoms. The summed E-state index contributed by atoms with van der Waals surface area (Å²) in [6.07, 6.45) is 1.49. The zero-order chi connectivity index (χ0) is 11.0. The zero-order valence-electron chi connectivity index (χ0n) is 8.13. The molecule has 82 valence electrons. The Balaban J connectivity index is 4.46. The number of urea groups is 1. The highest BCUT2D eigenvalue weighted by Crippen LogP contribution is 2.06. The van der Waals surface area contributed by atoms with Crippen LogP contribution in [0.25, 0.3) is 0 Å². The van der Waals surface area contributed by atoms with Gasteiger partial charge in [-0.1, -0.05) is 0 Å². The molecule has 0 atom stereocenters. The fourth-order valence-corrected chi connectivity index (χ4v) is 2.05. The lowest BCUT2D eigenvalue weighted by atomic mass is 10.3. The SMILES string of the molecule is CC=NC(=O)N(CCS)C(CS)CS. The summed E-state index contributed by atoms with van der Waals surface area (Å²) >= 11 is 12.4. The maximum Gasteiger partial charge on any atom is 0.343 e. The van der Waals surface area contributed by atoms with Crippen molar-refractivity contribution in [1.29, 1.82) is 0 Å². The van der Waals surface area contributed by atoms with Crippen LogP contribution in [0, 0.1) is 0 Å². The molecule has 0 saturated carbocycles. The molecule has 0 rings (SSSR count). The summed E-state index contributed by atoms with van der Waals surface area (Å²) in [6, 6.07) is -0.223. The molecular weight excluding hydrogens is 236 g/mol. The molecule has 14 heavy (non-hydrogen) atoms. The number of hydrogen-bond donors (Lipinski definition) is 3. The van der Waals surface area contributed by atoms with E-state index < -0.39 is 0 Å². The van der Waals surface area contributed by atoms with Crippen molar-refractivity contribution in [3.8, 4) is 0 Å². The van der Waals surface area contributed by atoms with Crippen LogP contribution in [0.15, 0.2) is 4.99 Å². The maximum absolute atomic E-state index is 11.5. The second kappa shape index (κ2) is 8.49. The van der Waals surface area contributed by atoms with Gasteiger partial charge in [-0.2, -0.15) is 37.9 Å². The lowest BCUT2D eigenvalue weighted by Gasteiger charge is -2.27. The zero-order valence-corrected chi connectivity index (χ0v) is 10.8. The van der Waals surface area contributed by atoms with E-state index >= 15 is 0 Å². The van der Waals surface area contributed by atoms with Crippen molar-refractivity contribution in [1.82, 2.24) is 4.90 Å². The lowest BCUT2D eigenvalue weighted by molar-refractivity contribution is 0.200. The van der Waals surface area contributed by atoms with Gasteiger partial charge >= 0.3 is 6.03 Å². The van der Waals surface area contributed by atoms with Gasteiger partial charge in [-0.05, 0) is 6.92 Å². The molecule has 0 aliphatic carbocycles. The first-order valence-electron chi connectivity index (χ1n) is 4.33. The van der Waals surface area contributed by atoms with Gasteiger partial charge in [-0.25, -0.2) is 9.79 Å². The van der Waals surface area contributed by atoms with Gasteiger partial charge < -0.3 is 4.90 Å². The number of hydrogen-bond acceptors (Lipinski definition) is 4. The summed E-state index contributed by atoms with van der Waals surface area (Å²) in [7, 11) is 0. The first-order chi connectivity index (χ1) is 6.71. The molecule has 0 fully saturated rings. The number of thiol groups is 3. The van der Waals surface area contributed by atoms with Crippen LogP contribution in [-0.2, 0) is 0 Å². The Morgan fingerprint density at radius 1 is 1.43 bits per heavy atom. The standard InChI is InChI=1S/C8H16N2OS3/c1-2-9-8(11)10(3-4-12)7(5-13)6-14/h2,7,12-14H,3-6H2,1H3. The van der Waals surface area contributed by atoms with Crippen LogP contribution in [-0.4, -0.2) is 47.0 Å². The Labute approximate surface area is 102 Å². The van der Waals surface area contributed by atoms with Gasteiger partial charge in [-0.15, -0.1) is 0 Å². The van der Waals surface area contributed by atoms with Gasteiger partial charge in [0, 0.05) is 30.0 Å². The van der Waals surface area contributed by atoms with Crippen LogP contribution >= 0.6 is 37.9 Å². The Morgan fingerprint density at radius 2 is 2.00 bits per heavy atom. The Morgan fingerprint density at radius 3 is 2.36 bits per heavy atom. The molecule has 0 radical (unpaired) electrons. The predicted molar refractivity (Wildman–Crippen MR) is 71.6 cm³/mol. The molecule has 0 aliphatic rings. The van der Waals surface area contributed by atoms with Crippen LogP contribution < -0.4 is 0 Å². The van der Waals surface area contributed by atoms with Crippen molar-refractivity contribution >= 4 is 50.1 Å². The van der Waals surface area contributed by atoms with Gasteiger partial charge in [0.15, 0.2) is 0 Å². The predicted octanol–water partition coefficient (Wildman–Crippen LogP) is 1.66. The minimum atomic E-state index is -0.241. The number of nitrogens with zero attached hydrogens (tertiary/aromatic N) is 2. The van der Waals surface area contributed by atoms with Crippen LogP contribution in [0.1, 0.15) is 6.92 Å². The van der Waals surface area contributed by atoms with E-state index in [1.807, 2.05) is 0 Å². The minimum Gasteiger partial charge on any atom is -0.317 e. The number of carbonyl (C=O) groups is 1. The largest absolute Gasteiger partial charge is 0.343 e. The molecule has 0 unspecified atom stereocenters. The lowest BCUT2D eigenvalue weighted by Crippen LogP contribution is -2.42. The summed E-state index contributed by atoms with van der Waals surface area (Å²) in [4.78, 5) is 16.9. The summed E-state index contributed by atoms with van der Waals surface area (Å²) in [5, 5.41) is 0. The third kappa shape index (κ3) is 4.61. The van der Waals surface area contributed by atoms with Crippen LogP contribution in [0.5, 0.6) is 0 Å². The molecule has 3 nitrogen and oxygen atoms in total. The van der Waals surface area contributed by atoms with Gasteiger partial charge in [0.1, 0.15) is 0 Å². The maximum atomic E-state index is 11.5. The molecule has 2 amide bonds. The molecule has 0 aromatic heterocycles. The Bertz CT molecular complexity index is 195. The van der Waals surface area contributed by atoms with E-state index in [1.54, 1.807) is 11.8 Å². The van der Waals surface area contributed by atoms with Crippen molar-refractivity contribution in [3.05, 3.63) is 0 Å². The topological polar surface area (TPSA) is 32.7 Å². The van der Waals surface area contributed by atoms with E-state index in [0.717, 1.165) is 0 Å². The van der Waals surface area contributed by atoms with Crippen LogP contribution in [0.3, 0.4) is 0 Å². The van der Waals surface area contributed by atoms with Crippen LogP contribution in [0.2, 0.25) is 0 Å². The van der Waals surface area contributed by atoms with Crippen molar-refractivity contribution in [3.63, 3.8) is 0 Å². The summed E-state index contributed by atoms with van der Waals surface area (Å²) < 4.78 is 0. The summed E-state index contributed by atoms with van der Waals surface area (Å²) in [5.74, 6) is 1.79. The number of rotatable bonds is 5. The van der Waals surface area contributed by atoms with E-state index in [0.29, 0.717) is 23.8 Å². The highest BCUT2D eigenvalue weighted by Gasteiger charge is 2.19. The molecule has 6 heteroatoms. The highest BCUT2D eigenvalue weighted by atomic mass is 32.1. The van der Waals surface area contributed by atoms with E-state index in [9.17, 15) is 4.79 Å². The van der Waals surface area contributed by atoms with Gasteiger partial charge in [0.05, 0.1) is 6.04 Å². The van der Waals surface area contributed by atoms with Crippen molar-refractivity contribution in [2.75, 3.05) is 23.8 Å². The Kier molecular flexibility index (Phi) is 8.61. The van der Waals surface area contributed by atoms with E-state index in [1.165, 1.54) is 6.21 Å². The van der Waals surface area contributed by atoms with E-state index in [2.05, 4.69) is 42.9 Å². The first-order valence-corrected chi connectivity index (χ1v) is 6.22. The number of amides is 2. The number of aliphatic imine (C=N–C) groups is 1. The molecular formula is C8H16N2OS3. The molecule has 0 heterocycles. The van der Waals surface area contributed by atoms with Gasteiger partial charge in [0.25, 0.3) is 0 Å². The third-order valence-electron chi connectivity index (χ3n) is 1.69. The second-order valence-corrected chi connectivity index (χ2v) is 3.78. The van der Waals surface area contributed by atoms with Crippen molar-refractivity contribution in [2.24, 2.45) is 4.99 Å². The summed E-state index contributed by atoms with van der Waals surface area (Å²) in [5.41, 5.74) is 0. The fourth-order valence-electron chi connectivity index (χ4n) is 0.982. The fraction of sp³-hybridized carbons (Fsp3) is 0.750. The van der Waals surface area contributed by atoms with E-state index in [4.69, 9.17) is 0 Å². The van der Waals surface area contributed by atoms with Crippen molar-refractivity contribution < 1.29 is 4.79 Å². The normalized spacial score (nSPS) is 11.2. The number of carbonyl (C=O) groups excluding carboxylic acids is 1. The summed E-state index contributed by atoms with van der Waals surface area (Å²) in [6.45, 7) is 2.29. The van der Waals surface area contributed by atoms with Crippen LogP contribution in [0.4, 0.5) is 4.79 Å². The van der Waals surface area contributed by atoms with E-state index in [-0.39, 0.29) is 12.1 Å². The molecule has 0 spiro atoms. The molecule has 0 aromatic carbocycles. The third-order valence-corrected chi connectivity index (χ3v) is 2.73. The Hall–Kier alpha value is 0.190. The molecule has 0 N–H and O–H groups in total. The first kappa shape index (κ1) is 14.2. The second-order valence-electron chi connectivity index (χ2n) is 2.61. The molecule has 0 aliphatic heterocycles. The van der Waals surface area contributed by atoms with Crippen molar-refractivity contribution in [2.45, 2.75) is 13.0 Å². The van der Waals surface area contributed by atoms with Gasteiger partial charge in [0.2, 0.25) is 0 Å². The molecule has 0 aromatic rings. The quantitative estimate of drug-likeness (QED) is 0.505. The minimum absolute atomic E-state index is 0.0185. The highest BCUT2D eigenvalue weighted by molar-refractivity contribution is 7.81.